The molecule has 2 nitrogen and oxygen atoms in total. The molecule has 1 fully saturated rings. The van der Waals surface area contributed by atoms with E-state index < -0.39 is 0 Å². The maximum Gasteiger partial charge on any atom is 0.0989 e. The number of nitrogens with zero attached hydrogens (tertiary/aromatic N) is 1. The van der Waals surface area contributed by atoms with Crippen LogP contribution in [0, 0.1) is 17.2 Å². The van der Waals surface area contributed by atoms with E-state index in [-0.39, 0.29) is 0 Å². The number of nitrogens with one attached hydrogen (secondary N) is 1. The van der Waals surface area contributed by atoms with Crippen LogP contribution in [0.2, 0.25) is 0 Å². The Hall–Kier alpha value is -0.530. The Bertz CT molecular complexity index is 203. The molecule has 0 atom stereocenters. The second kappa shape index (κ2) is 6.93. The summed E-state index contributed by atoms with van der Waals surface area (Å²) in [6, 6.07) is 0. The lowest BCUT2D eigenvalue weighted by Crippen LogP contribution is -2.38. The highest BCUT2D eigenvalue weighted by atomic mass is 15.2. The fraction of sp³-hybridized carbons (Fsp3) is 0.929. The number of hydrogen-bond acceptors (Lipinski definition) is 1. The lowest BCUT2D eigenvalue weighted by atomic mass is 10.0. The first-order chi connectivity index (χ1) is 7.72. The van der Waals surface area contributed by atoms with E-state index in [2.05, 4.69) is 25.7 Å². The summed E-state index contributed by atoms with van der Waals surface area (Å²) in [5.41, 5.74) is 0. The zero-order chi connectivity index (χ0) is 12.0. The van der Waals surface area contributed by atoms with Gasteiger partial charge in [-0.25, -0.2) is 0 Å². The summed E-state index contributed by atoms with van der Waals surface area (Å²) in [7, 11) is 0. The Labute approximate surface area is 101 Å². The van der Waals surface area contributed by atoms with Crippen LogP contribution < -0.4 is 0 Å². The van der Waals surface area contributed by atoms with Crippen molar-refractivity contribution in [2.45, 2.75) is 59.3 Å². The lowest BCUT2D eigenvalue weighted by molar-refractivity contribution is 0.319. The summed E-state index contributed by atoms with van der Waals surface area (Å²) in [6.45, 7) is 8.82. The first-order valence-corrected chi connectivity index (χ1v) is 7.06. The highest BCUT2D eigenvalue weighted by Crippen LogP contribution is 2.27. The van der Waals surface area contributed by atoms with Gasteiger partial charge < -0.3 is 4.90 Å². The Kier molecular flexibility index (Phi) is 5.86. The molecule has 1 N–H and O–H groups in total. The zero-order valence-electron chi connectivity index (χ0n) is 11.3. The van der Waals surface area contributed by atoms with E-state index >= 15 is 0 Å². The molecule has 0 aromatic rings. The molecular formula is C14H28N2. The second-order valence-corrected chi connectivity index (χ2v) is 5.09. The van der Waals surface area contributed by atoms with Crippen LogP contribution in [-0.4, -0.2) is 23.8 Å². The monoisotopic (exact) mass is 224 g/mol. The third-order valence-corrected chi connectivity index (χ3v) is 4.10. The summed E-state index contributed by atoms with van der Waals surface area (Å²) >= 11 is 0. The van der Waals surface area contributed by atoms with Crippen LogP contribution in [0.3, 0.4) is 0 Å². The van der Waals surface area contributed by atoms with Crippen molar-refractivity contribution in [3.05, 3.63) is 0 Å². The molecule has 0 radical (unpaired) electrons. The Morgan fingerprint density at radius 1 is 1.19 bits per heavy atom. The van der Waals surface area contributed by atoms with Gasteiger partial charge in [0.15, 0.2) is 0 Å². The third kappa shape index (κ3) is 3.50. The molecule has 1 saturated carbocycles. The van der Waals surface area contributed by atoms with Gasteiger partial charge in [-0.3, -0.25) is 5.41 Å². The maximum atomic E-state index is 8.31. The van der Waals surface area contributed by atoms with Crippen LogP contribution in [0.5, 0.6) is 0 Å². The zero-order valence-corrected chi connectivity index (χ0v) is 11.3. The standard InChI is InChI=1S/C14H28N2/c1-4-12(5-2)11-16(6-3)14(15)13-9-7-8-10-13/h12-13,15H,4-11H2,1-3H3. The molecule has 16 heavy (non-hydrogen) atoms. The summed E-state index contributed by atoms with van der Waals surface area (Å²) in [5.74, 6) is 2.25. The largest absolute Gasteiger partial charge is 0.360 e. The minimum Gasteiger partial charge on any atom is -0.360 e. The van der Waals surface area contributed by atoms with Gasteiger partial charge in [0, 0.05) is 19.0 Å². The fourth-order valence-electron chi connectivity index (χ4n) is 2.71. The van der Waals surface area contributed by atoms with Gasteiger partial charge >= 0.3 is 0 Å². The molecule has 0 aliphatic heterocycles. The number of amidine groups is 1. The third-order valence-electron chi connectivity index (χ3n) is 4.10. The van der Waals surface area contributed by atoms with Gasteiger partial charge in [0.1, 0.15) is 0 Å². The van der Waals surface area contributed by atoms with Crippen LogP contribution in [0.1, 0.15) is 59.3 Å². The summed E-state index contributed by atoms with van der Waals surface area (Å²) in [6.07, 6.45) is 7.64. The SMILES string of the molecule is CCC(CC)CN(CC)C(=N)C1CCCC1. The molecule has 2 heteroatoms. The minimum atomic E-state index is 0.564. The predicted molar refractivity (Wildman–Crippen MR) is 71.0 cm³/mol. The van der Waals surface area contributed by atoms with Gasteiger partial charge in [0.2, 0.25) is 0 Å². The van der Waals surface area contributed by atoms with Crippen molar-refractivity contribution in [1.29, 1.82) is 5.41 Å². The minimum absolute atomic E-state index is 0.564. The van der Waals surface area contributed by atoms with E-state index in [0.29, 0.717) is 5.92 Å². The van der Waals surface area contributed by atoms with Crippen molar-refractivity contribution in [2.24, 2.45) is 11.8 Å². The molecule has 0 aromatic carbocycles. The summed E-state index contributed by atoms with van der Waals surface area (Å²) in [5, 5.41) is 8.31. The van der Waals surface area contributed by atoms with Gasteiger partial charge in [0.05, 0.1) is 5.84 Å². The number of rotatable bonds is 6. The Morgan fingerprint density at radius 2 is 1.75 bits per heavy atom. The van der Waals surface area contributed by atoms with E-state index in [0.717, 1.165) is 24.8 Å². The van der Waals surface area contributed by atoms with Crippen molar-refractivity contribution in [3.8, 4) is 0 Å². The van der Waals surface area contributed by atoms with Crippen molar-refractivity contribution >= 4 is 5.84 Å². The van der Waals surface area contributed by atoms with Gasteiger partial charge in [-0.15, -0.1) is 0 Å². The number of hydrogen-bond donors (Lipinski definition) is 1. The second-order valence-electron chi connectivity index (χ2n) is 5.09. The van der Waals surface area contributed by atoms with Gasteiger partial charge in [-0.1, -0.05) is 39.5 Å². The first-order valence-electron chi connectivity index (χ1n) is 7.06. The van der Waals surface area contributed by atoms with Crippen molar-refractivity contribution in [3.63, 3.8) is 0 Å². The Morgan fingerprint density at radius 3 is 2.19 bits per heavy atom. The van der Waals surface area contributed by atoms with E-state index in [1.54, 1.807) is 0 Å². The van der Waals surface area contributed by atoms with Gasteiger partial charge in [-0.05, 0) is 25.7 Å². The predicted octanol–water partition coefficient (Wildman–Crippen LogP) is 3.91. The van der Waals surface area contributed by atoms with Gasteiger partial charge in [0.25, 0.3) is 0 Å². The maximum absolute atomic E-state index is 8.31. The quantitative estimate of drug-likeness (QED) is 0.537. The summed E-state index contributed by atoms with van der Waals surface area (Å²) in [4.78, 5) is 2.31. The molecule has 0 saturated heterocycles. The molecule has 0 spiro atoms. The fourth-order valence-corrected chi connectivity index (χ4v) is 2.71. The van der Waals surface area contributed by atoms with Crippen molar-refractivity contribution < 1.29 is 0 Å². The lowest BCUT2D eigenvalue weighted by Gasteiger charge is -2.30. The molecule has 1 rings (SSSR count). The van der Waals surface area contributed by atoms with Gasteiger partial charge in [-0.2, -0.15) is 0 Å². The van der Waals surface area contributed by atoms with Crippen LogP contribution in [0.25, 0.3) is 0 Å². The molecule has 94 valence electrons. The van der Waals surface area contributed by atoms with Crippen LogP contribution in [-0.2, 0) is 0 Å². The molecule has 0 heterocycles. The van der Waals surface area contributed by atoms with Crippen molar-refractivity contribution in [2.75, 3.05) is 13.1 Å². The van der Waals surface area contributed by atoms with E-state index in [1.807, 2.05) is 0 Å². The molecule has 0 bridgehead atoms. The molecule has 0 aromatic heterocycles. The van der Waals surface area contributed by atoms with E-state index in [9.17, 15) is 0 Å². The van der Waals surface area contributed by atoms with E-state index in [1.165, 1.54) is 38.5 Å². The molecular weight excluding hydrogens is 196 g/mol. The topological polar surface area (TPSA) is 27.1 Å². The molecule has 0 unspecified atom stereocenters. The molecule has 1 aliphatic rings. The van der Waals surface area contributed by atoms with Crippen molar-refractivity contribution in [1.82, 2.24) is 4.90 Å². The highest BCUT2D eigenvalue weighted by Gasteiger charge is 2.24. The molecule has 1 aliphatic carbocycles. The Balaban J connectivity index is 2.48. The van der Waals surface area contributed by atoms with Crippen LogP contribution >= 0.6 is 0 Å². The first kappa shape index (κ1) is 13.5. The van der Waals surface area contributed by atoms with Crippen LogP contribution in [0.15, 0.2) is 0 Å². The normalized spacial score (nSPS) is 17.0. The smallest absolute Gasteiger partial charge is 0.0989 e. The molecule has 0 amide bonds. The summed E-state index contributed by atoms with van der Waals surface area (Å²) < 4.78 is 0. The average Bonchev–Trinajstić information content (AvgIpc) is 2.83. The highest BCUT2D eigenvalue weighted by molar-refractivity contribution is 5.81. The average molecular weight is 224 g/mol. The van der Waals surface area contributed by atoms with E-state index in [4.69, 9.17) is 5.41 Å². The van der Waals surface area contributed by atoms with Crippen LogP contribution in [0.4, 0.5) is 0 Å².